The molecule has 0 atom stereocenters. The predicted octanol–water partition coefficient (Wildman–Crippen LogP) is 7.98. The van der Waals surface area contributed by atoms with Crippen LogP contribution in [0.15, 0.2) is 92.0 Å². The van der Waals surface area contributed by atoms with Crippen LogP contribution in [0.2, 0.25) is 0 Å². The number of ether oxygens (including phenoxy) is 1. The van der Waals surface area contributed by atoms with Crippen molar-refractivity contribution in [3.63, 3.8) is 0 Å². The number of hydrazone groups is 2. The van der Waals surface area contributed by atoms with E-state index in [1.807, 2.05) is 45.9 Å². The van der Waals surface area contributed by atoms with E-state index in [2.05, 4.69) is 31.4 Å². The standard InChI is InChI=1S/C58H70FN11O7/c1-9-17-69(18-10-2)57(75)44-25-48-50(59)27-42(28-51(48)63-54(31-44)60-5)38-13-15-41(37-73)47(23-38)34-62-68(7)35-56(74)66-65-55-32-45(58(76)70(19-11-3)20-12-4)26-49-52(64-55)29-43(30-53(49)77-8)39-14-16-40(36-72)46(24-39)33-61-67(6)21-22-71/h13-16,23-30,33-34,36-37,71H,9-12,17-22,31-32,35H2,1-8H3,(H,60,63)(H,64,65)(H,66,74)/b61-33-,62-34-. The van der Waals surface area contributed by atoms with Gasteiger partial charge >= 0.3 is 0 Å². The average molecular weight is 1050 g/mol. The summed E-state index contributed by atoms with van der Waals surface area (Å²) in [5, 5.41) is 24.3. The van der Waals surface area contributed by atoms with Gasteiger partial charge in [-0.05, 0) is 96.5 Å². The molecule has 0 saturated heterocycles. The Morgan fingerprint density at radius 1 is 0.714 bits per heavy atom. The molecule has 6 rings (SSSR count). The number of aliphatic hydroxyl groups is 1. The minimum absolute atomic E-state index is 0.0385. The van der Waals surface area contributed by atoms with Crippen LogP contribution in [0.25, 0.3) is 34.4 Å². The first-order valence-electron chi connectivity index (χ1n) is 25.9. The third kappa shape index (κ3) is 15.0. The van der Waals surface area contributed by atoms with E-state index < -0.39 is 11.7 Å². The van der Waals surface area contributed by atoms with Gasteiger partial charge in [-0.3, -0.25) is 49.8 Å². The number of anilines is 1. The molecule has 2 heterocycles. The molecule has 0 aromatic heterocycles. The van der Waals surface area contributed by atoms with E-state index in [1.165, 1.54) is 24.4 Å². The number of carbonyl (C=O) groups excluding carboxylic acids is 5. The van der Waals surface area contributed by atoms with Crippen molar-refractivity contribution < 1.29 is 38.2 Å². The van der Waals surface area contributed by atoms with Crippen molar-refractivity contribution in [3.8, 4) is 28.0 Å². The monoisotopic (exact) mass is 1050 g/mol. The van der Waals surface area contributed by atoms with E-state index in [0.717, 1.165) is 37.5 Å². The SMILES string of the molecule is CCCN(CCC)C(=O)C1=Cc2c(cc(-c3ccc(C=O)c(/C=N\N(C)CCO)c3)cc2OC)N=C(NNC(=O)CN(C)/N=C\c2cc(-c3cc(F)c4c(c3)NC(=NC)CC(C(=O)N(CCC)CCC)=C4)ccc2C=O)C1. The first-order chi connectivity index (χ1) is 37.2. The lowest BCUT2D eigenvalue weighted by molar-refractivity contribution is -0.128. The zero-order valence-electron chi connectivity index (χ0n) is 45.3. The van der Waals surface area contributed by atoms with Gasteiger partial charge in [-0.2, -0.15) is 10.2 Å². The summed E-state index contributed by atoms with van der Waals surface area (Å²) in [5.41, 5.74) is 12.4. The number of nitrogens with zero attached hydrogens (tertiary/aromatic N) is 8. The van der Waals surface area contributed by atoms with Crippen molar-refractivity contribution in [1.82, 2.24) is 30.7 Å². The van der Waals surface area contributed by atoms with Crippen molar-refractivity contribution in [2.45, 2.75) is 66.2 Å². The quantitative estimate of drug-likeness (QED) is 0.0318. The zero-order valence-corrected chi connectivity index (χ0v) is 45.3. The van der Waals surface area contributed by atoms with Gasteiger partial charge in [-0.15, -0.1) is 0 Å². The Labute approximate surface area is 450 Å². The number of hydrogen-bond donors (Lipinski definition) is 4. The number of hydrazine groups is 1. The Morgan fingerprint density at radius 2 is 1.26 bits per heavy atom. The maximum Gasteiger partial charge on any atom is 0.259 e. The fraction of sp³-hybridized carbons (Fsp3) is 0.362. The number of amides is 3. The van der Waals surface area contributed by atoms with Gasteiger partial charge in [-0.25, -0.2) is 9.38 Å². The summed E-state index contributed by atoms with van der Waals surface area (Å²) in [6.07, 6.45) is 11.2. The molecule has 406 valence electrons. The lowest BCUT2D eigenvalue weighted by Crippen LogP contribution is -2.45. The number of aliphatic hydroxyl groups excluding tert-OH is 1. The van der Waals surface area contributed by atoms with Gasteiger partial charge in [0, 0.05) is 105 Å². The first-order valence-corrected chi connectivity index (χ1v) is 25.9. The summed E-state index contributed by atoms with van der Waals surface area (Å²) in [5.74, 6) is -0.135. The molecule has 2 aliphatic rings. The Bertz CT molecular complexity index is 3010. The van der Waals surface area contributed by atoms with Crippen LogP contribution >= 0.6 is 0 Å². The predicted molar refractivity (Wildman–Crippen MR) is 303 cm³/mol. The molecule has 77 heavy (non-hydrogen) atoms. The van der Waals surface area contributed by atoms with Crippen molar-refractivity contribution in [1.29, 1.82) is 0 Å². The maximum absolute atomic E-state index is 16.2. The lowest BCUT2D eigenvalue weighted by atomic mass is 9.97. The van der Waals surface area contributed by atoms with E-state index in [9.17, 15) is 29.1 Å². The van der Waals surface area contributed by atoms with E-state index in [1.54, 1.807) is 90.7 Å². The molecule has 0 unspecified atom stereocenters. The summed E-state index contributed by atoms with van der Waals surface area (Å²) >= 11 is 0. The molecule has 4 aromatic rings. The number of methoxy groups -OCH3 is 1. The van der Waals surface area contributed by atoms with Crippen LogP contribution in [-0.4, -0.2) is 153 Å². The van der Waals surface area contributed by atoms with E-state index >= 15 is 4.39 Å². The third-order valence-corrected chi connectivity index (χ3v) is 12.7. The summed E-state index contributed by atoms with van der Waals surface area (Å²) in [7, 11) is 6.45. The summed E-state index contributed by atoms with van der Waals surface area (Å²) in [6, 6.07) is 17.2. The normalized spacial score (nSPS) is 13.5. The minimum Gasteiger partial charge on any atom is -0.496 e. The van der Waals surface area contributed by atoms with E-state index in [-0.39, 0.29) is 49.2 Å². The Kier molecular flexibility index (Phi) is 21.1. The largest absolute Gasteiger partial charge is 0.496 e. The summed E-state index contributed by atoms with van der Waals surface area (Å²) < 4.78 is 22.1. The molecule has 0 fully saturated rings. The van der Waals surface area contributed by atoms with Crippen molar-refractivity contribution in [2.24, 2.45) is 20.2 Å². The molecular formula is C58H70FN11O7. The molecule has 0 aliphatic carbocycles. The number of aliphatic imine (C=N–C) groups is 2. The number of nitrogens with one attached hydrogen (secondary N) is 3. The summed E-state index contributed by atoms with van der Waals surface area (Å²) in [4.78, 5) is 78.7. The van der Waals surface area contributed by atoms with Gasteiger partial charge in [0.25, 0.3) is 5.91 Å². The molecule has 2 aliphatic heterocycles. The number of carbonyl (C=O) groups is 5. The topological polar surface area (TPSA) is 213 Å². The highest BCUT2D eigenvalue weighted by Crippen LogP contribution is 2.40. The smallest absolute Gasteiger partial charge is 0.259 e. The van der Waals surface area contributed by atoms with Crippen LogP contribution < -0.4 is 20.9 Å². The number of benzene rings is 4. The van der Waals surface area contributed by atoms with Gasteiger partial charge in [-0.1, -0.05) is 52.0 Å². The van der Waals surface area contributed by atoms with Crippen LogP contribution in [0.5, 0.6) is 5.75 Å². The van der Waals surface area contributed by atoms with E-state index in [0.29, 0.717) is 118 Å². The Balaban J connectivity index is 1.25. The van der Waals surface area contributed by atoms with Gasteiger partial charge in [0.15, 0.2) is 12.6 Å². The molecular weight excluding hydrogens is 982 g/mol. The zero-order chi connectivity index (χ0) is 55.6. The highest BCUT2D eigenvalue weighted by Gasteiger charge is 2.27. The molecule has 4 N–H and O–H groups in total. The summed E-state index contributed by atoms with van der Waals surface area (Å²) in [6.45, 7) is 10.3. The van der Waals surface area contributed by atoms with Crippen LogP contribution in [0.1, 0.15) is 109 Å². The number of likely N-dealkylation sites (N-methyl/N-ethyl adjacent to an activating group) is 2. The highest BCUT2D eigenvalue weighted by molar-refractivity contribution is 6.11. The van der Waals surface area contributed by atoms with Crippen LogP contribution in [-0.2, 0) is 14.4 Å². The molecule has 4 aromatic carbocycles. The maximum atomic E-state index is 16.2. The van der Waals surface area contributed by atoms with Gasteiger partial charge in [0.2, 0.25) is 11.8 Å². The first kappa shape index (κ1) is 57.9. The number of hydrogen-bond acceptors (Lipinski definition) is 14. The fourth-order valence-electron chi connectivity index (χ4n) is 8.91. The van der Waals surface area contributed by atoms with Gasteiger partial charge < -0.3 is 25.0 Å². The second kappa shape index (κ2) is 28.0. The molecule has 18 nitrogen and oxygen atoms in total. The molecule has 0 spiro atoms. The Hall–Kier alpha value is -8.32. The number of fused-ring (bicyclic) bond motifs is 2. The number of halogens is 1. The molecule has 19 heteroatoms. The molecule has 0 radical (unpaired) electrons. The van der Waals surface area contributed by atoms with Crippen molar-refractivity contribution in [3.05, 3.63) is 111 Å². The van der Waals surface area contributed by atoms with Crippen molar-refractivity contribution in [2.75, 3.05) is 79.4 Å². The number of aldehydes is 2. The molecule has 0 bridgehead atoms. The number of amidine groups is 2. The third-order valence-electron chi connectivity index (χ3n) is 12.7. The van der Waals surface area contributed by atoms with Crippen LogP contribution in [0.4, 0.5) is 15.8 Å². The van der Waals surface area contributed by atoms with Crippen LogP contribution in [0.3, 0.4) is 0 Å². The second-order valence-electron chi connectivity index (χ2n) is 18.7. The van der Waals surface area contributed by atoms with E-state index in [4.69, 9.17) is 9.73 Å². The Morgan fingerprint density at radius 3 is 1.79 bits per heavy atom. The van der Waals surface area contributed by atoms with Gasteiger partial charge in [0.05, 0.1) is 44.1 Å². The van der Waals surface area contributed by atoms with Gasteiger partial charge in [0.1, 0.15) is 29.8 Å². The molecule has 3 amide bonds. The van der Waals surface area contributed by atoms with Crippen molar-refractivity contribution >= 4 is 77.9 Å². The highest BCUT2D eigenvalue weighted by atomic mass is 19.1. The van der Waals surface area contributed by atoms with Crippen LogP contribution in [0, 0.1) is 5.82 Å². The molecule has 0 saturated carbocycles. The lowest BCUT2D eigenvalue weighted by Gasteiger charge is -2.23. The second-order valence-corrected chi connectivity index (χ2v) is 18.7. The fourth-order valence-corrected chi connectivity index (χ4v) is 8.91. The minimum atomic E-state index is -0.543. The average Bonchev–Trinajstić information content (AvgIpc) is 3.75. The number of rotatable bonds is 23.